The van der Waals surface area contributed by atoms with E-state index < -0.39 is 17.5 Å². The lowest BCUT2D eigenvalue weighted by Crippen LogP contribution is -2.12. The molecule has 0 heterocycles. The maximum atomic E-state index is 12.8. The van der Waals surface area contributed by atoms with Crippen molar-refractivity contribution in [2.45, 2.75) is 0 Å². The lowest BCUT2D eigenvalue weighted by atomic mass is 10.1. The Bertz CT molecular complexity index is 486. The number of nitrogens with two attached hydrogens (primary N) is 1. The third-order valence-corrected chi connectivity index (χ3v) is 2.07. The van der Waals surface area contributed by atoms with Crippen molar-refractivity contribution in [2.75, 3.05) is 0 Å². The van der Waals surface area contributed by atoms with E-state index in [1.165, 1.54) is 12.1 Å². The SMILES string of the molecule is N=C(/C=C(\N)C(=O)O)c1ccc(F)c(Cl)c1. The van der Waals surface area contributed by atoms with Crippen LogP contribution in [0.4, 0.5) is 4.39 Å². The Balaban J connectivity index is 3.02. The first kappa shape index (κ1) is 12.2. The molecular formula is C10H8ClFN2O2. The average Bonchev–Trinajstić information content (AvgIpc) is 2.21. The molecule has 4 nitrogen and oxygen atoms in total. The van der Waals surface area contributed by atoms with Gasteiger partial charge in [-0.2, -0.15) is 0 Å². The van der Waals surface area contributed by atoms with Crippen molar-refractivity contribution in [2.24, 2.45) is 5.73 Å². The van der Waals surface area contributed by atoms with E-state index in [1.807, 2.05) is 0 Å². The largest absolute Gasteiger partial charge is 0.477 e. The summed E-state index contributed by atoms with van der Waals surface area (Å²) in [7, 11) is 0. The number of nitrogens with one attached hydrogen (secondary N) is 1. The van der Waals surface area contributed by atoms with Gasteiger partial charge in [0.1, 0.15) is 11.5 Å². The minimum Gasteiger partial charge on any atom is -0.477 e. The summed E-state index contributed by atoms with van der Waals surface area (Å²) in [6, 6.07) is 3.64. The van der Waals surface area contributed by atoms with Crippen molar-refractivity contribution in [3.63, 3.8) is 0 Å². The Kier molecular flexibility index (Phi) is 3.63. The number of carbonyl (C=O) groups is 1. The normalized spacial score (nSPS) is 11.2. The number of halogens is 2. The van der Waals surface area contributed by atoms with Gasteiger partial charge in [0, 0.05) is 5.56 Å². The Morgan fingerprint density at radius 3 is 2.69 bits per heavy atom. The summed E-state index contributed by atoms with van der Waals surface area (Å²) in [5.41, 5.74) is 4.81. The van der Waals surface area contributed by atoms with Crippen LogP contribution >= 0.6 is 11.6 Å². The number of carboxylic acid groups (broad SMARTS) is 1. The molecule has 6 heteroatoms. The van der Waals surface area contributed by atoms with Gasteiger partial charge in [-0.25, -0.2) is 9.18 Å². The molecule has 0 fully saturated rings. The van der Waals surface area contributed by atoms with E-state index in [0.29, 0.717) is 0 Å². The van der Waals surface area contributed by atoms with Crippen molar-refractivity contribution in [1.29, 1.82) is 5.41 Å². The molecule has 0 aliphatic heterocycles. The number of hydrogen-bond acceptors (Lipinski definition) is 3. The average molecular weight is 243 g/mol. The summed E-state index contributed by atoms with van der Waals surface area (Å²) in [5.74, 6) is -1.92. The van der Waals surface area contributed by atoms with E-state index in [-0.39, 0.29) is 16.3 Å². The molecule has 1 aromatic carbocycles. The minimum absolute atomic E-state index is 0.135. The first-order valence-electron chi connectivity index (χ1n) is 4.16. The molecule has 0 saturated heterocycles. The summed E-state index contributed by atoms with van der Waals surface area (Å²) >= 11 is 5.52. The van der Waals surface area contributed by atoms with Crippen LogP contribution in [0.15, 0.2) is 30.0 Å². The van der Waals surface area contributed by atoms with Crippen LogP contribution in [0.2, 0.25) is 5.02 Å². The Morgan fingerprint density at radius 2 is 2.19 bits per heavy atom. The van der Waals surface area contributed by atoms with Crippen molar-refractivity contribution in [1.82, 2.24) is 0 Å². The number of rotatable bonds is 3. The van der Waals surface area contributed by atoms with Crippen LogP contribution in [0, 0.1) is 11.2 Å². The summed E-state index contributed by atoms with van der Waals surface area (Å²) in [4.78, 5) is 10.4. The fourth-order valence-electron chi connectivity index (χ4n) is 0.964. The van der Waals surface area contributed by atoms with Crippen LogP contribution in [0.3, 0.4) is 0 Å². The van der Waals surface area contributed by atoms with E-state index in [4.69, 9.17) is 27.9 Å². The fraction of sp³-hybridized carbons (Fsp3) is 0. The molecule has 0 atom stereocenters. The van der Waals surface area contributed by atoms with Gasteiger partial charge in [0.25, 0.3) is 0 Å². The van der Waals surface area contributed by atoms with Crippen molar-refractivity contribution >= 4 is 23.3 Å². The Morgan fingerprint density at radius 1 is 1.56 bits per heavy atom. The molecule has 0 saturated carbocycles. The van der Waals surface area contributed by atoms with E-state index >= 15 is 0 Å². The number of carboxylic acids is 1. The number of hydrogen-bond donors (Lipinski definition) is 3. The molecule has 0 unspecified atom stereocenters. The lowest BCUT2D eigenvalue weighted by Gasteiger charge is -2.01. The summed E-state index contributed by atoms with van der Waals surface area (Å²) < 4.78 is 12.8. The van der Waals surface area contributed by atoms with Crippen LogP contribution in [0.5, 0.6) is 0 Å². The first-order valence-corrected chi connectivity index (χ1v) is 4.54. The van der Waals surface area contributed by atoms with E-state index in [0.717, 1.165) is 12.1 Å². The zero-order valence-electron chi connectivity index (χ0n) is 8.00. The Hall–Kier alpha value is -1.88. The third kappa shape index (κ3) is 2.80. The van der Waals surface area contributed by atoms with Crippen LogP contribution in [0.1, 0.15) is 5.56 Å². The predicted molar refractivity (Wildman–Crippen MR) is 58.1 cm³/mol. The van der Waals surface area contributed by atoms with Crippen LogP contribution < -0.4 is 5.73 Å². The Labute approximate surface area is 95.7 Å². The molecule has 4 N–H and O–H groups in total. The van der Waals surface area contributed by atoms with Crippen LogP contribution in [-0.2, 0) is 4.79 Å². The molecule has 16 heavy (non-hydrogen) atoms. The lowest BCUT2D eigenvalue weighted by molar-refractivity contribution is -0.132. The standard InChI is InChI=1S/C10H8ClFN2O2/c11-6-3-5(1-2-7(6)12)8(13)4-9(14)10(15)16/h1-4,13H,14H2,(H,15,16)/b9-4-,13-8?. The van der Waals surface area contributed by atoms with E-state index in [2.05, 4.69) is 0 Å². The molecule has 1 rings (SSSR count). The van der Waals surface area contributed by atoms with Crippen molar-refractivity contribution in [3.05, 3.63) is 46.4 Å². The molecule has 0 aliphatic carbocycles. The quantitative estimate of drug-likeness (QED) is 0.558. The van der Waals surface area contributed by atoms with E-state index in [9.17, 15) is 9.18 Å². The zero-order chi connectivity index (χ0) is 12.3. The molecule has 0 bridgehead atoms. The third-order valence-electron chi connectivity index (χ3n) is 1.78. The molecule has 1 aromatic rings. The van der Waals surface area contributed by atoms with Crippen molar-refractivity contribution < 1.29 is 14.3 Å². The molecule has 0 aliphatic rings. The van der Waals surface area contributed by atoms with Gasteiger partial charge in [0.2, 0.25) is 0 Å². The predicted octanol–water partition coefficient (Wildman–Crippen LogP) is 1.77. The minimum atomic E-state index is -1.32. The summed E-state index contributed by atoms with van der Waals surface area (Å²) in [6.45, 7) is 0. The highest BCUT2D eigenvalue weighted by Gasteiger charge is 2.07. The van der Waals surface area contributed by atoms with Gasteiger partial charge in [0.15, 0.2) is 0 Å². The van der Waals surface area contributed by atoms with Crippen molar-refractivity contribution in [3.8, 4) is 0 Å². The van der Waals surface area contributed by atoms with Gasteiger partial charge < -0.3 is 16.2 Å². The zero-order valence-corrected chi connectivity index (χ0v) is 8.75. The molecule has 84 valence electrons. The fourth-order valence-corrected chi connectivity index (χ4v) is 1.14. The second-order valence-corrected chi connectivity index (χ2v) is 3.35. The molecule has 0 amide bonds. The second-order valence-electron chi connectivity index (χ2n) is 2.95. The van der Waals surface area contributed by atoms with Gasteiger partial charge >= 0.3 is 5.97 Å². The van der Waals surface area contributed by atoms with Gasteiger partial charge in [0.05, 0.1) is 10.7 Å². The first-order chi connectivity index (χ1) is 7.41. The van der Waals surface area contributed by atoms with E-state index in [1.54, 1.807) is 0 Å². The highest BCUT2D eigenvalue weighted by molar-refractivity contribution is 6.31. The number of benzene rings is 1. The molecule has 0 spiro atoms. The smallest absolute Gasteiger partial charge is 0.351 e. The monoisotopic (exact) mass is 242 g/mol. The van der Waals surface area contributed by atoms with Crippen LogP contribution in [0.25, 0.3) is 0 Å². The number of aliphatic carboxylic acids is 1. The maximum Gasteiger partial charge on any atom is 0.351 e. The summed E-state index contributed by atoms with van der Waals surface area (Å²) in [6.07, 6.45) is 0.964. The van der Waals surface area contributed by atoms with Crippen LogP contribution in [-0.4, -0.2) is 16.8 Å². The highest BCUT2D eigenvalue weighted by atomic mass is 35.5. The molecule has 0 aromatic heterocycles. The molecular weight excluding hydrogens is 235 g/mol. The maximum absolute atomic E-state index is 12.8. The van der Waals surface area contributed by atoms with Gasteiger partial charge in [-0.05, 0) is 24.3 Å². The topological polar surface area (TPSA) is 87.2 Å². The van der Waals surface area contributed by atoms with Gasteiger partial charge in [-0.15, -0.1) is 0 Å². The van der Waals surface area contributed by atoms with Gasteiger partial charge in [-0.3, -0.25) is 0 Å². The van der Waals surface area contributed by atoms with Gasteiger partial charge in [-0.1, -0.05) is 11.6 Å². The number of allylic oxidation sites excluding steroid dienone is 1. The molecule has 0 radical (unpaired) electrons. The summed E-state index contributed by atoms with van der Waals surface area (Å²) in [5, 5.41) is 15.9. The highest BCUT2D eigenvalue weighted by Crippen LogP contribution is 2.16. The second kappa shape index (κ2) is 4.76.